The lowest BCUT2D eigenvalue weighted by atomic mass is 10.1. The SMILES string of the molecule is CCCCCC(=O)N1c2ccc(NC(=O)C(F)(F)F)cc2Oc2cc(NC(=O)C(F)(F)F)ccc21. The van der Waals surface area contributed by atoms with Crippen molar-refractivity contribution >= 4 is 40.5 Å². The van der Waals surface area contributed by atoms with Crippen molar-refractivity contribution in [1.82, 2.24) is 0 Å². The predicted molar refractivity (Wildman–Crippen MR) is 114 cm³/mol. The Kier molecular flexibility index (Phi) is 7.27. The highest BCUT2D eigenvalue weighted by Crippen LogP contribution is 2.49. The number of fused-ring (bicyclic) bond motifs is 2. The second-order valence-electron chi connectivity index (χ2n) is 7.56. The quantitative estimate of drug-likeness (QED) is 0.372. The van der Waals surface area contributed by atoms with Crippen LogP contribution in [0.3, 0.4) is 0 Å². The number of hydrogen-bond donors (Lipinski definition) is 2. The van der Waals surface area contributed by atoms with E-state index >= 15 is 0 Å². The van der Waals surface area contributed by atoms with Gasteiger partial charge in [0.2, 0.25) is 5.91 Å². The van der Waals surface area contributed by atoms with E-state index in [4.69, 9.17) is 4.74 Å². The number of alkyl halides is 6. The summed E-state index contributed by atoms with van der Waals surface area (Å²) in [6.45, 7) is 1.94. The molecule has 3 amide bonds. The second-order valence-corrected chi connectivity index (χ2v) is 7.56. The van der Waals surface area contributed by atoms with Crippen LogP contribution < -0.4 is 20.3 Å². The fraction of sp³-hybridized carbons (Fsp3) is 0.318. The molecule has 0 bridgehead atoms. The molecular formula is C22H19F6N3O4. The van der Waals surface area contributed by atoms with Crippen LogP contribution in [-0.4, -0.2) is 30.1 Å². The van der Waals surface area contributed by atoms with Crippen molar-refractivity contribution in [3.8, 4) is 11.5 Å². The largest absolute Gasteiger partial charge is 0.471 e. The van der Waals surface area contributed by atoms with Crippen LogP contribution in [-0.2, 0) is 14.4 Å². The van der Waals surface area contributed by atoms with Gasteiger partial charge >= 0.3 is 24.2 Å². The summed E-state index contributed by atoms with van der Waals surface area (Å²) in [5.74, 6) is -5.08. The molecule has 0 aromatic heterocycles. The fourth-order valence-electron chi connectivity index (χ4n) is 3.28. The van der Waals surface area contributed by atoms with Crippen molar-refractivity contribution in [2.24, 2.45) is 0 Å². The number of carbonyl (C=O) groups excluding carboxylic acids is 3. The highest BCUT2D eigenvalue weighted by atomic mass is 19.4. The number of hydrogen-bond acceptors (Lipinski definition) is 4. The van der Waals surface area contributed by atoms with Crippen LogP contribution in [0.5, 0.6) is 11.5 Å². The molecule has 1 heterocycles. The summed E-state index contributed by atoms with van der Waals surface area (Å²) >= 11 is 0. The first-order chi connectivity index (χ1) is 16.3. The molecule has 0 fully saturated rings. The number of nitrogens with zero attached hydrogens (tertiary/aromatic N) is 1. The van der Waals surface area contributed by atoms with Gasteiger partial charge in [-0.25, -0.2) is 0 Å². The molecule has 0 saturated carbocycles. The zero-order chi connectivity index (χ0) is 26.0. The molecule has 2 N–H and O–H groups in total. The van der Waals surface area contributed by atoms with Gasteiger partial charge in [-0.2, -0.15) is 26.3 Å². The monoisotopic (exact) mass is 503 g/mol. The summed E-state index contributed by atoms with van der Waals surface area (Å²) in [5, 5.41) is 3.33. The molecule has 13 heteroatoms. The topological polar surface area (TPSA) is 87.7 Å². The van der Waals surface area contributed by atoms with Crippen molar-refractivity contribution < 1.29 is 45.5 Å². The van der Waals surface area contributed by atoms with Crippen LogP contribution in [0.15, 0.2) is 36.4 Å². The number of rotatable bonds is 6. The van der Waals surface area contributed by atoms with Gasteiger partial charge in [-0.05, 0) is 30.7 Å². The van der Waals surface area contributed by atoms with E-state index in [0.29, 0.717) is 6.42 Å². The van der Waals surface area contributed by atoms with E-state index in [1.807, 2.05) is 6.92 Å². The van der Waals surface area contributed by atoms with Crippen molar-refractivity contribution in [2.75, 3.05) is 15.5 Å². The van der Waals surface area contributed by atoms with Gasteiger partial charge in [0.05, 0.1) is 11.4 Å². The van der Waals surface area contributed by atoms with Gasteiger partial charge in [-0.15, -0.1) is 0 Å². The van der Waals surface area contributed by atoms with Crippen molar-refractivity contribution in [2.45, 2.75) is 45.0 Å². The van der Waals surface area contributed by atoms with Crippen LogP contribution in [0.1, 0.15) is 32.6 Å². The lowest BCUT2D eigenvalue weighted by molar-refractivity contribution is -0.167. The smallest absolute Gasteiger partial charge is 0.453 e. The molecule has 0 unspecified atom stereocenters. The van der Waals surface area contributed by atoms with Crippen LogP contribution in [0.2, 0.25) is 0 Å². The first-order valence-corrected chi connectivity index (χ1v) is 10.4. The molecule has 2 aromatic carbocycles. The normalized spacial score (nSPS) is 12.8. The van der Waals surface area contributed by atoms with Gasteiger partial charge in [0.1, 0.15) is 0 Å². The van der Waals surface area contributed by atoms with Gasteiger partial charge in [-0.1, -0.05) is 19.8 Å². The van der Waals surface area contributed by atoms with E-state index in [2.05, 4.69) is 0 Å². The minimum Gasteiger partial charge on any atom is -0.453 e. The van der Waals surface area contributed by atoms with Gasteiger partial charge in [0.25, 0.3) is 0 Å². The maximum atomic E-state index is 13.0. The summed E-state index contributed by atoms with van der Waals surface area (Å²) < 4.78 is 81.3. The highest BCUT2D eigenvalue weighted by Gasteiger charge is 2.40. The van der Waals surface area contributed by atoms with Crippen LogP contribution >= 0.6 is 0 Å². The number of carbonyl (C=O) groups is 3. The highest BCUT2D eigenvalue weighted by molar-refractivity contribution is 6.06. The standard InChI is InChI=1S/C22H19F6N3O4/c1-2-3-4-5-18(32)31-14-8-6-12(29-19(33)21(23,24)25)10-16(14)35-17-11-13(7-9-15(17)31)30-20(34)22(26,27)28/h6-11H,2-5H2,1H3,(H,29,33)(H,30,34). The molecule has 7 nitrogen and oxygen atoms in total. The zero-order valence-electron chi connectivity index (χ0n) is 18.1. The molecule has 0 radical (unpaired) electrons. The molecule has 0 aliphatic carbocycles. The Balaban J connectivity index is 1.99. The Bertz CT molecular complexity index is 1070. The Morgan fingerprint density at radius 1 is 0.800 bits per heavy atom. The maximum Gasteiger partial charge on any atom is 0.471 e. The number of halogens is 6. The lowest BCUT2D eigenvalue weighted by Gasteiger charge is -2.32. The van der Waals surface area contributed by atoms with Crippen molar-refractivity contribution in [3.05, 3.63) is 36.4 Å². The summed E-state index contributed by atoms with van der Waals surface area (Å²) in [5.41, 5.74) is -0.240. The first-order valence-electron chi connectivity index (χ1n) is 10.4. The molecule has 188 valence electrons. The van der Waals surface area contributed by atoms with E-state index in [1.165, 1.54) is 17.0 Å². The maximum absolute atomic E-state index is 13.0. The number of unbranched alkanes of at least 4 members (excludes halogenated alkanes) is 2. The predicted octanol–water partition coefficient (Wildman–Crippen LogP) is 6.04. The molecule has 2 aromatic rings. The number of benzene rings is 2. The molecule has 35 heavy (non-hydrogen) atoms. The minimum absolute atomic E-state index is 0.117. The molecule has 0 atom stereocenters. The molecule has 1 aliphatic rings. The van der Waals surface area contributed by atoms with E-state index in [0.717, 1.165) is 37.1 Å². The van der Waals surface area contributed by atoms with Gasteiger partial charge in [0, 0.05) is 29.9 Å². The van der Waals surface area contributed by atoms with E-state index in [-0.39, 0.29) is 46.6 Å². The number of amides is 3. The molecule has 3 rings (SSSR count). The molecular weight excluding hydrogens is 484 g/mol. The van der Waals surface area contributed by atoms with E-state index in [9.17, 15) is 40.7 Å². The molecule has 0 saturated heterocycles. The van der Waals surface area contributed by atoms with Crippen LogP contribution in [0.25, 0.3) is 0 Å². The summed E-state index contributed by atoms with van der Waals surface area (Å²) in [7, 11) is 0. The second kappa shape index (κ2) is 9.84. The molecule has 1 aliphatic heterocycles. The Morgan fingerprint density at radius 3 is 1.66 bits per heavy atom. The zero-order valence-corrected chi connectivity index (χ0v) is 18.1. The molecule has 0 spiro atoms. The van der Waals surface area contributed by atoms with Gasteiger partial charge in [0.15, 0.2) is 11.5 Å². The third-order valence-electron chi connectivity index (χ3n) is 4.90. The summed E-state index contributed by atoms with van der Waals surface area (Å²) in [6.07, 6.45) is -8.01. The summed E-state index contributed by atoms with van der Waals surface area (Å²) in [4.78, 5) is 36.8. The third-order valence-corrected chi connectivity index (χ3v) is 4.90. The van der Waals surface area contributed by atoms with Gasteiger partial charge in [-0.3, -0.25) is 19.3 Å². The third kappa shape index (κ3) is 6.03. The first kappa shape index (κ1) is 25.8. The minimum atomic E-state index is -5.14. The van der Waals surface area contributed by atoms with E-state index in [1.54, 1.807) is 10.6 Å². The van der Waals surface area contributed by atoms with Gasteiger partial charge < -0.3 is 15.4 Å². The van der Waals surface area contributed by atoms with Crippen LogP contribution in [0, 0.1) is 0 Å². The van der Waals surface area contributed by atoms with Crippen molar-refractivity contribution in [3.63, 3.8) is 0 Å². The van der Waals surface area contributed by atoms with Crippen LogP contribution in [0.4, 0.5) is 49.1 Å². The lowest BCUT2D eigenvalue weighted by Crippen LogP contribution is -2.31. The Labute approximate surface area is 195 Å². The Morgan fingerprint density at radius 2 is 1.26 bits per heavy atom. The summed E-state index contributed by atoms with van der Waals surface area (Å²) in [6, 6.07) is 6.97. The number of nitrogens with one attached hydrogen (secondary N) is 2. The Hall–Kier alpha value is -3.77. The average molecular weight is 503 g/mol. The average Bonchev–Trinajstić information content (AvgIpc) is 2.76. The van der Waals surface area contributed by atoms with E-state index < -0.39 is 24.2 Å². The van der Waals surface area contributed by atoms with Crippen molar-refractivity contribution in [1.29, 1.82) is 0 Å². The fourth-order valence-corrected chi connectivity index (χ4v) is 3.28. The number of anilines is 4. The number of ether oxygens (including phenoxy) is 1.